The highest BCUT2D eigenvalue weighted by Gasteiger charge is 2.30. The predicted molar refractivity (Wildman–Crippen MR) is 207 cm³/mol. The highest BCUT2D eigenvalue weighted by molar-refractivity contribution is 6.10. The predicted octanol–water partition coefficient (Wildman–Crippen LogP) is 10.9. The van der Waals surface area contributed by atoms with E-state index in [0.717, 1.165) is 9.13 Å². The van der Waals surface area contributed by atoms with E-state index in [2.05, 4.69) is 15.0 Å². The van der Waals surface area contributed by atoms with Gasteiger partial charge in [-0.1, -0.05) is 139 Å². The Bertz CT molecular complexity index is 4200. The molecule has 1 aliphatic rings. The van der Waals surface area contributed by atoms with E-state index in [4.69, 9.17) is 27.4 Å². The fourth-order valence-electron chi connectivity index (χ4n) is 6.43. The molecule has 3 heterocycles. The normalized spacial score (nSPS) is 20.3. The summed E-state index contributed by atoms with van der Waals surface area (Å²) in [6.07, 6.45) is 0. The quantitative estimate of drug-likeness (QED) is 0.186. The van der Waals surface area contributed by atoms with E-state index in [-0.39, 0.29) is 0 Å². The van der Waals surface area contributed by atoms with Crippen LogP contribution in [0.4, 0.5) is 0 Å². The number of para-hydroxylation sites is 4. The molecule has 0 saturated heterocycles. The molecular weight excluding hydrogens is 623 g/mol. The molecule has 3 aromatic heterocycles. The Balaban J connectivity index is 1.39. The molecule has 0 fully saturated rings. The highest BCUT2D eigenvalue weighted by Crippen LogP contribution is 2.48. The Labute approximate surface area is 333 Å². The summed E-state index contributed by atoms with van der Waals surface area (Å²) in [5.41, 5.74) is -5.74. The SMILES string of the molecule is [2H]c1c([2H])c([2H])c2c(c1[2H])-c1c([2H])c([2H])c([2H])c([2H])c1C2c1c([2H])c([2H])c([2H])c(-c2nc(-n3c4c([2H])c([2H])c([2H])c([2H])c4c4c([2H])c([2H])c([2H])c([2H])c43)nc(-n3c4c([2H])c([2H])c([2H])c([2H])c4c4c([2H])c([2H])c([2H])c([2H])c43)n2)c1[2H]. The van der Waals surface area contributed by atoms with E-state index in [1.807, 2.05) is 0 Å². The zero-order valence-corrected chi connectivity index (χ0v) is 25.3. The molecule has 0 N–H and O–H groups in total. The fraction of sp³-hybridized carbons (Fsp3) is 0.0217. The van der Waals surface area contributed by atoms with Gasteiger partial charge in [-0.05, 0) is 58.0 Å². The van der Waals surface area contributed by atoms with Crippen molar-refractivity contribution in [3.05, 3.63) is 186 Å². The first-order valence-corrected chi connectivity index (χ1v) is 15.0. The van der Waals surface area contributed by atoms with Gasteiger partial charge in [0.1, 0.15) is 0 Å². The maximum Gasteiger partial charge on any atom is 0.240 e. The molecule has 0 saturated carbocycles. The summed E-state index contributed by atoms with van der Waals surface area (Å²) in [7, 11) is 0. The average Bonchev–Trinajstić information content (AvgIpc) is 4.33. The minimum absolute atomic E-state index is 0.425. The van der Waals surface area contributed by atoms with Crippen molar-refractivity contribution in [1.29, 1.82) is 0 Å². The lowest BCUT2D eigenvalue weighted by molar-refractivity contribution is 0.892. The van der Waals surface area contributed by atoms with Crippen molar-refractivity contribution in [3.8, 4) is 34.4 Å². The molecule has 1 aliphatic carbocycles. The number of benzene rings is 7. The lowest BCUT2D eigenvalue weighted by Crippen LogP contribution is -2.10. The minimum Gasteiger partial charge on any atom is -0.278 e. The Hall–Kier alpha value is -6.85. The van der Waals surface area contributed by atoms with Crippen molar-refractivity contribution in [2.75, 3.05) is 0 Å². The van der Waals surface area contributed by atoms with Gasteiger partial charge in [0.05, 0.1) is 60.4 Å². The van der Waals surface area contributed by atoms with Crippen molar-refractivity contribution in [2.24, 2.45) is 0 Å². The van der Waals surface area contributed by atoms with E-state index >= 15 is 0 Å². The highest BCUT2D eigenvalue weighted by atomic mass is 15.3. The van der Waals surface area contributed by atoms with Gasteiger partial charge in [-0.15, -0.1) is 0 Å². The molecule has 0 amide bonds. The van der Waals surface area contributed by atoms with Crippen molar-refractivity contribution in [2.45, 2.75) is 5.92 Å². The van der Waals surface area contributed by atoms with Crippen LogP contribution in [0.1, 0.15) is 61.0 Å². The lowest BCUT2D eigenvalue weighted by atomic mass is 9.88. The molecule has 5 heteroatoms. The average molecular weight is 680 g/mol. The van der Waals surface area contributed by atoms with Gasteiger partial charge in [-0.3, -0.25) is 9.13 Å². The first kappa shape index (κ1) is 12.2. The Morgan fingerprint density at radius 3 is 1.29 bits per heavy atom. The fourth-order valence-corrected chi connectivity index (χ4v) is 6.43. The number of hydrogen-bond acceptors (Lipinski definition) is 3. The van der Waals surface area contributed by atoms with E-state index in [1.165, 1.54) is 0 Å². The van der Waals surface area contributed by atoms with E-state index in [9.17, 15) is 11.0 Å². The van der Waals surface area contributed by atoms with Gasteiger partial charge in [-0.25, -0.2) is 0 Å². The standard InChI is InChI=1S/C46H29N5/c1-3-22-37-31(16-1)32-17-2-4-23-38(32)43(37)29-14-13-15-30(28-29)44-47-45(50-39-24-9-5-18-33(39)34-19-6-10-25-40(34)50)49-46(48-44)51-41-26-11-7-20-35(41)36-21-8-12-27-42(36)51/h1-28,43H/i1D,2D,3D,4D,5D,6D,7D,8D,9D,10D,11D,12D,13D,14D,15D,16D,17D,18D,19D,20D,21D,22D,23D,24D,25D,26D,27D,28D. The topological polar surface area (TPSA) is 48.5 Å². The van der Waals surface area contributed by atoms with Crippen LogP contribution in [0.3, 0.4) is 0 Å². The molecule has 0 radical (unpaired) electrons. The molecule has 11 rings (SSSR count). The van der Waals surface area contributed by atoms with Gasteiger partial charge in [0.25, 0.3) is 0 Å². The third kappa shape index (κ3) is 4.12. The first-order chi connectivity index (χ1) is 36.9. The summed E-state index contributed by atoms with van der Waals surface area (Å²) in [5, 5.41) is -2.00. The number of aromatic nitrogens is 5. The van der Waals surface area contributed by atoms with E-state index < -0.39 is 270 Å². The number of rotatable bonds is 4. The first-order valence-electron chi connectivity index (χ1n) is 29.0. The van der Waals surface area contributed by atoms with Crippen LogP contribution >= 0.6 is 0 Å². The second-order valence-corrected chi connectivity index (χ2v) is 11.1. The second kappa shape index (κ2) is 10.8. The van der Waals surface area contributed by atoms with Crippen LogP contribution in [0.15, 0.2) is 169 Å². The summed E-state index contributed by atoms with van der Waals surface area (Å²) < 4.78 is 252. The van der Waals surface area contributed by atoms with Crippen molar-refractivity contribution >= 4 is 43.6 Å². The second-order valence-electron chi connectivity index (χ2n) is 11.1. The van der Waals surface area contributed by atoms with Crippen LogP contribution in [0, 0.1) is 0 Å². The van der Waals surface area contributed by atoms with Crippen LogP contribution in [0.2, 0.25) is 0 Å². The minimum atomic E-state index is -1.91. The van der Waals surface area contributed by atoms with Crippen molar-refractivity contribution in [3.63, 3.8) is 0 Å². The Morgan fingerprint density at radius 2 is 0.824 bits per heavy atom. The number of fused-ring (bicyclic) bond motifs is 9. The maximum absolute atomic E-state index is 10.00. The molecule has 5 nitrogen and oxygen atoms in total. The zero-order valence-electron chi connectivity index (χ0n) is 53.3. The van der Waals surface area contributed by atoms with Crippen molar-refractivity contribution in [1.82, 2.24) is 24.1 Å². The summed E-state index contributed by atoms with van der Waals surface area (Å²) in [4.78, 5) is 13.7. The summed E-state index contributed by atoms with van der Waals surface area (Å²) in [5.74, 6) is -4.67. The van der Waals surface area contributed by atoms with Gasteiger partial charge in [0.2, 0.25) is 11.9 Å². The number of hydrogen-bond donors (Lipinski definition) is 0. The summed E-state index contributed by atoms with van der Waals surface area (Å²) in [6.45, 7) is 0. The lowest BCUT2D eigenvalue weighted by Gasteiger charge is -2.16. The smallest absolute Gasteiger partial charge is 0.240 e. The van der Waals surface area contributed by atoms with Crippen molar-refractivity contribution < 1.29 is 38.4 Å². The third-order valence-corrected chi connectivity index (χ3v) is 8.49. The van der Waals surface area contributed by atoms with Gasteiger partial charge < -0.3 is 0 Å². The molecule has 10 aromatic rings. The molecule has 0 unspecified atom stereocenters. The molecule has 238 valence electrons. The van der Waals surface area contributed by atoms with Gasteiger partial charge in [0, 0.05) is 33.0 Å². The van der Waals surface area contributed by atoms with Crippen LogP contribution < -0.4 is 0 Å². The van der Waals surface area contributed by atoms with Crippen LogP contribution in [0.5, 0.6) is 0 Å². The monoisotopic (exact) mass is 679 g/mol. The van der Waals surface area contributed by atoms with Crippen LogP contribution in [-0.2, 0) is 0 Å². The molecule has 0 spiro atoms. The zero-order chi connectivity index (χ0) is 57.8. The molecule has 0 aliphatic heterocycles. The summed E-state index contributed by atoms with van der Waals surface area (Å²) >= 11 is 0. The largest absolute Gasteiger partial charge is 0.278 e. The summed E-state index contributed by atoms with van der Waals surface area (Å²) in [6, 6.07) is -24.2. The maximum atomic E-state index is 10.00. The van der Waals surface area contributed by atoms with Crippen LogP contribution in [0.25, 0.3) is 78.0 Å². The Kier molecular flexibility index (Phi) is 2.59. The van der Waals surface area contributed by atoms with Crippen LogP contribution in [-0.4, -0.2) is 24.1 Å². The molecular formula is C46H29N5. The Morgan fingerprint density at radius 1 is 0.412 bits per heavy atom. The van der Waals surface area contributed by atoms with E-state index in [0.29, 0.717) is 0 Å². The molecule has 0 bridgehead atoms. The molecule has 0 atom stereocenters. The van der Waals surface area contributed by atoms with Gasteiger partial charge >= 0.3 is 0 Å². The van der Waals surface area contributed by atoms with Gasteiger partial charge in [-0.2, -0.15) is 15.0 Å². The molecule has 7 aromatic carbocycles. The van der Waals surface area contributed by atoms with E-state index in [1.54, 1.807) is 0 Å². The van der Waals surface area contributed by atoms with Gasteiger partial charge in [0.15, 0.2) is 5.82 Å². The third-order valence-electron chi connectivity index (χ3n) is 8.49. The number of nitrogens with zero attached hydrogens (tertiary/aromatic N) is 5. The molecule has 51 heavy (non-hydrogen) atoms.